The van der Waals surface area contributed by atoms with Crippen LogP contribution in [0.25, 0.3) is 0 Å². The third kappa shape index (κ3) is 2.31. The topological polar surface area (TPSA) is 48.4 Å². The summed E-state index contributed by atoms with van der Waals surface area (Å²) in [7, 11) is 0. The molecule has 2 N–H and O–H groups in total. The van der Waals surface area contributed by atoms with E-state index in [9.17, 15) is 0 Å². The molecule has 4 heteroatoms. The summed E-state index contributed by atoms with van der Waals surface area (Å²) in [5, 5.41) is 0.420. The van der Waals surface area contributed by atoms with E-state index in [2.05, 4.69) is 0 Å². The van der Waals surface area contributed by atoms with E-state index in [1.165, 1.54) is 25.7 Å². The number of rotatable bonds is 2. The summed E-state index contributed by atoms with van der Waals surface area (Å²) < 4.78 is 11.5. The maximum absolute atomic E-state index is 6.33. The van der Waals surface area contributed by atoms with Crippen LogP contribution >= 0.6 is 11.6 Å². The smallest absolute Gasteiger partial charge is 0.193 e. The van der Waals surface area contributed by atoms with Crippen LogP contribution in [0.2, 0.25) is 5.22 Å². The Morgan fingerprint density at radius 3 is 2.78 bits per heavy atom. The fourth-order valence-corrected chi connectivity index (χ4v) is 3.63. The molecule has 1 aromatic heterocycles. The minimum atomic E-state index is -0.0566. The Labute approximate surface area is 113 Å². The van der Waals surface area contributed by atoms with Gasteiger partial charge in [-0.2, -0.15) is 0 Å². The number of ether oxygens (including phenoxy) is 1. The second-order valence-corrected chi connectivity index (χ2v) is 6.03. The first kappa shape index (κ1) is 12.5. The summed E-state index contributed by atoms with van der Waals surface area (Å²) in [6, 6.07) is 3.60. The van der Waals surface area contributed by atoms with E-state index in [0.717, 1.165) is 25.2 Å². The Kier molecular flexibility index (Phi) is 3.39. The highest BCUT2D eigenvalue weighted by molar-refractivity contribution is 6.28. The van der Waals surface area contributed by atoms with Crippen LogP contribution < -0.4 is 5.73 Å². The molecule has 2 heterocycles. The van der Waals surface area contributed by atoms with Crippen molar-refractivity contribution in [3.05, 3.63) is 23.1 Å². The normalized spacial score (nSPS) is 28.7. The Hall–Kier alpha value is -0.510. The maximum atomic E-state index is 6.33. The standard InChI is InChI=1S/C14H20ClNO2/c15-12-4-3-11(18-12)13(16)10-5-8-17-14(9-10)6-1-2-7-14/h3-4,10,13H,1-2,5-9,16H2. The second kappa shape index (κ2) is 4.87. The Bertz CT molecular complexity index is 412. The van der Waals surface area contributed by atoms with Crippen LogP contribution in [0.4, 0.5) is 0 Å². The number of hydrogen-bond donors (Lipinski definition) is 1. The van der Waals surface area contributed by atoms with Gasteiger partial charge in [-0.25, -0.2) is 0 Å². The molecule has 2 aliphatic rings. The first-order valence-electron chi connectivity index (χ1n) is 6.83. The molecule has 3 rings (SSSR count). The lowest BCUT2D eigenvalue weighted by Gasteiger charge is -2.40. The first-order chi connectivity index (χ1) is 8.69. The van der Waals surface area contributed by atoms with Crippen molar-refractivity contribution in [2.24, 2.45) is 11.7 Å². The predicted octanol–water partition coefficient (Wildman–Crippen LogP) is 3.67. The van der Waals surface area contributed by atoms with Crippen molar-refractivity contribution in [2.45, 2.75) is 50.2 Å². The minimum Gasteiger partial charge on any atom is -0.448 e. The zero-order valence-electron chi connectivity index (χ0n) is 10.5. The van der Waals surface area contributed by atoms with Crippen LogP contribution in [0.3, 0.4) is 0 Å². The molecule has 1 aliphatic heterocycles. The van der Waals surface area contributed by atoms with Gasteiger partial charge in [0.1, 0.15) is 5.76 Å². The summed E-state index contributed by atoms with van der Waals surface area (Å²) in [5.41, 5.74) is 6.43. The minimum absolute atomic E-state index is 0.0566. The van der Waals surface area contributed by atoms with Crippen molar-refractivity contribution in [3.63, 3.8) is 0 Å². The average Bonchev–Trinajstić information content (AvgIpc) is 2.98. The molecule has 1 aromatic rings. The quantitative estimate of drug-likeness (QED) is 0.891. The summed E-state index contributed by atoms with van der Waals surface area (Å²) in [6.45, 7) is 0.826. The van der Waals surface area contributed by atoms with Gasteiger partial charge in [-0.3, -0.25) is 0 Å². The van der Waals surface area contributed by atoms with E-state index in [1.54, 1.807) is 6.07 Å². The van der Waals surface area contributed by atoms with Gasteiger partial charge in [0.2, 0.25) is 0 Å². The molecule has 3 nitrogen and oxygen atoms in total. The molecule has 0 radical (unpaired) electrons. The third-order valence-electron chi connectivity index (χ3n) is 4.48. The lowest BCUT2D eigenvalue weighted by atomic mass is 9.80. The van der Waals surface area contributed by atoms with E-state index in [4.69, 9.17) is 26.5 Å². The van der Waals surface area contributed by atoms with Gasteiger partial charge in [0, 0.05) is 6.61 Å². The van der Waals surface area contributed by atoms with Crippen LogP contribution in [0, 0.1) is 5.92 Å². The fraction of sp³-hybridized carbons (Fsp3) is 0.714. The SMILES string of the molecule is NC(c1ccc(Cl)o1)C1CCOC2(CCCC2)C1. The highest BCUT2D eigenvalue weighted by atomic mass is 35.5. The van der Waals surface area contributed by atoms with E-state index >= 15 is 0 Å². The first-order valence-corrected chi connectivity index (χ1v) is 7.21. The van der Waals surface area contributed by atoms with Crippen molar-refractivity contribution in [3.8, 4) is 0 Å². The second-order valence-electron chi connectivity index (χ2n) is 5.66. The van der Waals surface area contributed by atoms with Crippen molar-refractivity contribution < 1.29 is 9.15 Å². The Morgan fingerprint density at radius 2 is 2.11 bits per heavy atom. The highest BCUT2D eigenvalue weighted by Crippen LogP contribution is 2.44. The van der Waals surface area contributed by atoms with Crippen LogP contribution in [-0.2, 0) is 4.74 Å². The fourth-order valence-electron chi connectivity index (χ4n) is 3.48. The number of nitrogens with two attached hydrogens (primary N) is 1. The highest BCUT2D eigenvalue weighted by Gasteiger charge is 2.42. The Morgan fingerprint density at radius 1 is 1.33 bits per heavy atom. The van der Waals surface area contributed by atoms with Crippen molar-refractivity contribution in [1.82, 2.24) is 0 Å². The lowest BCUT2D eigenvalue weighted by Crippen LogP contribution is -2.40. The molecule has 0 aromatic carbocycles. The van der Waals surface area contributed by atoms with Crippen LogP contribution in [-0.4, -0.2) is 12.2 Å². The third-order valence-corrected chi connectivity index (χ3v) is 4.68. The molecule has 2 atom stereocenters. The molecule has 1 saturated heterocycles. The monoisotopic (exact) mass is 269 g/mol. The summed E-state index contributed by atoms with van der Waals surface area (Å²) in [4.78, 5) is 0. The largest absolute Gasteiger partial charge is 0.448 e. The van der Waals surface area contributed by atoms with Gasteiger partial charge in [-0.05, 0) is 55.3 Å². The van der Waals surface area contributed by atoms with Crippen molar-refractivity contribution in [2.75, 3.05) is 6.61 Å². The number of halogens is 1. The molecule has 1 spiro atoms. The number of hydrogen-bond acceptors (Lipinski definition) is 3. The molecule has 2 fully saturated rings. The summed E-state index contributed by atoms with van der Waals surface area (Å²) in [6.07, 6.45) is 7.03. The molecule has 0 amide bonds. The summed E-state index contributed by atoms with van der Waals surface area (Å²) in [5.74, 6) is 1.25. The predicted molar refractivity (Wildman–Crippen MR) is 70.5 cm³/mol. The Balaban J connectivity index is 1.72. The van der Waals surface area contributed by atoms with E-state index in [1.807, 2.05) is 6.07 Å². The van der Waals surface area contributed by atoms with Crippen LogP contribution in [0.1, 0.15) is 50.3 Å². The lowest BCUT2D eigenvalue weighted by molar-refractivity contribution is -0.0971. The summed E-state index contributed by atoms with van der Waals surface area (Å²) >= 11 is 5.82. The van der Waals surface area contributed by atoms with Crippen LogP contribution in [0.15, 0.2) is 16.5 Å². The average molecular weight is 270 g/mol. The van der Waals surface area contributed by atoms with Gasteiger partial charge in [0.15, 0.2) is 5.22 Å². The van der Waals surface area contributed by atoms with E-state index in [0.29, 0.717) is 11.1 Å². The maximum Gasteiger partial charge on any atom is 0.193 e. The molecule has 1 saturated carbocycles. The van der Waals surface area contributed by atoms with Gasteiger partial charge in [-0.15, -0.1) is 0 Å². The molecular formula is C14H20ClNO2. The molecule has 100 valence electrons. The molecule has 2 unspecified atom stereocenters. The molecule has 18 heavy (non-hydrogen) atoms. The van der Waals surface area contributed by atoms with Crippen molar-refractivity contribution in [1.29, 1.82) is 0 Å². The van der Waals surface area contributed by atoms with E-state index in [-0.39, 0.29) is 11.6 Å². The zero-order chi connectivity index (χ0) is 12.6. The molecular weight excluding hydrogens is 250 g/mol. The molecule has 0 bridgehead atoms. The van der Waals surface area contributed by atoms with Gasteiger partial charge in [0.25, 0.3) is 0 Å². The van der Waals surface area contributed by atoms with Crippen molar-refractivity contribution >= 4 is 11.6 Å². The van der Waals surface area contributed by atoms with Gasteiger partial charge in [-0.1, -0.05) is 12.8 Å². The van der Waals surface area contributed by atoms with Gasteiger partial charge < -0.3 is 14.9 Å². The number of furan rings is 1. The van der Waals surface area contributed by atoms with Gasteiger partial charge in [0.05, 0.1) is 11.6 Å². The molecule has 1 aliphatic carbocycles. The van der Waals surface area contributed by atoms with Gasteiger partial charge >= 0.3 is 0 Å². The zero-order valence-corrected chi connectivity index (χ0v) is 11.3. The van der Waals surface area contributed by atoms with Crippen LogP contribution in [0.5, 0.6) is 0 Å². The van der Waals surface area contributed by atoms with E-state index < -0.39 is 0 Å².